The SMILES string of the molecule is N#C/C(=C\c1cc(Br)c(OCc2ccccc2F)c(Br)c1)c1nc2ccccc2[nH]1. The Balaban J connectivity index is 1.61. The monoisotopic (exact) mass is 525 g/mol. The number of H-pyrrole nitrogens is 1. The van der Waals surface area contributed by atoms with Crippen molar-refractivity contribution in [3.8, 4) is 11.8 Å². The molecule has 0 saturated heterocycles. The largest absolute Gasteiger partial charge is 0.486 e. The highest BCUT2D eigenvalue weighted by molar-refractivity contribution is 9.11. The van der Waals surface area contributed by atoms with Gasteiger partial charge in [-0.25, -0.2) is 9.37 Å². The first kappa shape index (κ1) is 20.3. The topological polar surface area (TPSA) is 61.7 Å². The van der Waals surface area contributed by atoms with Gasteiger partial charge >= 0.3 is 0 Å². The summed E-state index contributed by atoms with van der Waals surface area (Å²) in [5, 5.41) is 9.63. The highest BCUT2D eigenvalue weighted by Crippen LogP contribution is 2.36. The molecule has 0 aliphatic carbocycles. The van der Waals surface area contributed by atoms with Crippen LogP contribution in [0.1, 0.15) is 17.0 Å². The molecule has 1 heterocycles. The van der Waals surface area contributed by atoms with Gasteiger partial charge in [-0.15, -0.1) is 0 Å². The zero-order valence-corrected chi connectivity index (χ0v) is 18.7. The number of halogens is 3. The molecule has 0 aliphatic heterocycles. The van der Waals surface area contributed by atoms with E-state index >= 15 is 0 Å². The van der Waals surface area contributed by atoms with E-state index in [0.29, 0.717) is 31.7 Å². The van der Waals surface area contributed by atoms with Crippen LogP contribution in [0.25, 0.3) is 22.7 Å². The predicted molar refractivity (Wildman–Crippen MR) is 122 cm³/mol. The van der Waals surface area contributed by atoms with Gasteiger partial charge in [0, 0.05) is 5.56 Å². The van der Waals surface area contributed by atoms with Gasteiger partial charge < -0.3 is 9.72 Å². The van der Waals surface area contributed by atoms with Gasteiger partial charge in [0.05, 0.1) is 25.6 Å². The molecule has 0 atom stereocenters. The summed E-state index contributed by atoms with van der Waals surface area (Å²) < 4.78 is 21.0. The summed E-state index contributed by atoms with van der Waals surface area (Å²) in [5.41, 5.74) is 3.33. The lowest BCUT2D eigenvalue weighted by Gasteiger charge is -2.12. The summed E-state index contributed by atoms with van der Waals surface area (Å²) in [6, 6.07) is 20.0. The van der Waals surface area contributed by atoms with E-state index < -0.39 is 0 Å². The number of imidazole rings is 1. The van der Waals surface area contributed by atoms with E-state index in [4.69, 9.17) is 4.74 Å². The molecule has 4 nitrogen and oxygen atoms in total. The van der Waals surface area contributed by atoms with Crippen LogP contribution in [0.4, 0.5) is 4.39 Å². The van der Waals surface area contributed by atoms with E-state index in [-0.39, 0.29) is 12.4 Å². The van der Waals surface area contributed by atoms with Crippen LogP contribution in [0.5, 0.6) is 5.75 Å². The van der Waals surface area contributed by atoms with Crippen molar-refractivity contribution in [3.05, 3.63) is 92.4 Å². The minimum Gasteiger partial charge on any atom is -0.486 e. The molecule has 3 aromatic carbocycles. The van der Waals surface area contributed by atoms with E-state index in [2.05, 4.69) is 47.9 Å². The van der Waals surface area contributed by atoms with Gasteiger partial charge in [0.25, 0.3) is 0 Å². The van der Waals surface area contributed by atoms with Gasteiger partial charge in [0.1, 0.15) is 30.1 Å². The fourth-order valence-electron chi connectivity index (χ4n) is 2.97. The van der Waals surface area contributed by atoms with Crippen LogP contribution in [0.15, 0.2) is 69.6 Å². The fourth-order valence-corrected chi connectivity index (χ4v) is 4.42. The van der Waals surface area contributed by atoms with Crippen molar-refractivity contribution in [2.45, 2.75) is 6.61 Å². The predicted octanol–water partition coefficient (Wildman–Crippen LogP) is 6.87. The van der Waals surface area contributed by atoms with E-state index in [1.165, 1.54) is 6.07 Å². The van der Waals surface area contributed by atoms with Crippen molar-refractivity contribution in [3.63, 3.8) is 0 Å². The zero-order chi connectivity index (χ0) is 21.1. The van der Waals surface area contributed by atoms with Crippen molar-refractivity contribution in [1.82, 2.24) is 9.97 Å². The molecule has 1 N–H and O–H groups in total. The van der Waals surface area contributed by atoms with Crippen molar-refractivity contribution < 1.29 is 9.13 Å². The molecule has 0 fully saturated rings. The van der Waals surface area contributed by atoms with Crippen molar-refractivity contribution in [2.24, 2.45) is 0 Å². The highest BCUT2D eigenvalue weighted by Gasteiger charge is 2.12. The van der Waals surface area contributed by atoms with E-state index in [9.17, 15) is 9.65 Å². The minimum atomic E-state index is -0.311. The van der Waals surface area contributed by atoms with E-state index in [0.717, 1.165) is 16.6 Å². The summed E-state index contributed by atoms with van der Waals surface area (Å²) in [6.45, 7) is 0.0987. The maximum atomic E-state index is 13.8. The average Bonchev–Trinajstić information content (AvgIpc) is 3.16. The second-order valence-corrected chi connectivity index (χ2v) is 8.17. The number of fused-ring (bicyclic) bond motifs is 1. The molecule has 148 valence electrons. The molecule has 30 heavy (non-hydrogen) atoms. The lowest BCUT2D eigenvalue weighted by Crippen LogP contribution is -1.99. The van der Waals surface area contributed by atoms with Crippen molar-refractivity contribution >= 4 is 54.5 Å². The number of hydrogen-bond donors (Lipinski definition) is 1. The lowest BCUT2D eigenvalue weighted by molar-refractivity contribution is 0.296. The Labute approximate surface area is 189 Å². The number of ether oxygens (including phenoxy) is 1. The standard InChI is InChI=1S/C23H14Br2FN3O/c24-17-10-14(9-16(12-27)23-28-20-7-3-4-8-21(20)29-23)11-18(25)22(17)30-13-15-5-1-2-6-19(15)26/h1-11H,13H2,(H,28,29)/b16-9+. The minimum absolute atomic E-state index is 0.0987. The summed E-state index contributed by atoms with van der Waals surface area (Å²) in [4.78, 5) is 7.65. The van der Waals surface area contributed by atoms with Crippen LogP contribution >= 0.6 is 31.9 Å². The third kappa shape index (κ3) is 4.30. The Kier molecular flexibility index (Phi) is 5.98. The number of aromatic nitrogens is 2. The average molecular weight is 527 g/mol. The number of allylic oxidation sites excluding steroid dienone is 1. The van der Waals surface area contributed by atoms with Gasteiger partial charge in [-0.05, 0) is 73.8 Å². The lowest BCUT2D eigenvalue weighted by atomic mass is 10.1. The Bertz CT molecular complexity index is 1250. The molecule has 4 rings (SSSR count). The van der Waals surface area contributed by atoms with E-state index in [1.807, 2.05) is 36.4 Å². The smallest absolute Gasteiger partial charge is 0.149 e. The van der Waals surface area contributed by atoms with Crippen LogP contribution in [-0.4, -0.2) is 9.97 Å². The third-order valence-electron chi connectivity index (χ3n) is 4.43. The Morgan fingerprint density at radius 3 is 2.50 bits per heavy atom. The van der Waals surface area contributed by atoms with Gasteiger partial charge in [0.15, 0.2) is 0 Å². The first-order chi connectivity index (χ1) is 14.5. The molecular formula is C23H14Br2FN3O. The first-order valence-electron chi connectivity index (χ1n) is 8.97. The number of nitrogens with one attached hydrogen (secondary N) is 1. The quantitative estimate of drug-likeness (QED) is 0.288. The van der Waals surface area contributed by atoms with Crippen LogP contribution in [-0.2, 0) is 6.61 Å². The fraction of sp³-hybridized carbons (Fsp3) is 0.0435. The van der Waals surface area contributed by atoms with Gasteiger partial charge in [-0.3, -0.25) is 0 Å². The molecular weight excluding hydrogens is 513 g/mol. The number of hydrogen-bond acceptors (Lipinski definition) is 3. The van der Waals surface area contributed by atoms with Crippen LogP contribution in [0.3, 0.4) is 0 Å². The molecule has 0 aliphatic rings. The Morgan fingerprint density at radius 2 is 1.80 bits per heavy atom. The molecule has 7 heteroatoms. The molecule has 0 unspecified atom stereocenters. The maximum Gasteiger partial charge on any atom is 0.149 e. The Hall–Kier alpha value is -2.95. The molecule has 0 spiro atoms. The number of benzene rings is 3. The maximum absolute atomic E-state index is 13.8. The van der Waals surface area contributed by atoms with E-state index in [1.54, 1.807) is 24.3 Å². The summed E-state index contributed by atoms with van der Waals surface area (Å²) in [5.74, 6) is 0.747. The summed E-state index contributed by atoms with van der Waals surface area (Å²) in [7, 11) is 0. The molecule has 0 bridgehead atoms. The van der Waals surface area contributed by atoms with Gasteiger partial charge in [-0.1, -0.05) is 30.3 Å². The second-order valence-electron chi connectivity index (χ2n) is 6.47. The number of para-hydroxylation sites is 2. The van der Waals surface area contributed by atoms with Crippen molar-refractivity contribution in [1.29, 1.82) is 5.26 Å². The summed E-state index contributed by atoms with van der Waals surface area (Å²) >= 11 is 7.00. The molecule has 1 aromatic heterocycles. The first-order valence-corrected chi connectivity index (χ1v) is 10.6. The number of nitriles is 1. The normalized spacial score (nSPS) is 11.5. The summed E-state index contributed by atoms with van der Waals surface area (Å²) in [6.07, 6.45) is 1.74. The molecule has 0 saturated carbocycles. The highest BCUT2D eigenvalue weighted by atomic mass is 79.9. The van der Waals surface area contributed by atoms with Gasteiger partial charge in [0.2, 0.25) is 0 Å². The number of rotatable bonds is 5. The second kappa shape index (κ2) is 8.82. The third-order valence-corrected chi connectivity index (χ3v) is 5.60. The van der Waals surface area contributed by atoms with Gasteiger partial charge in [-0.2, -0.15) is 5.26 Å². The molecule has 0 radical (unpaired) electrons. The number of aromatic amines is 1. The molecule has 4 aromatic rings. The number of nitrogens with zero attached hydrogens (tertiary/aromatic N) is 2. The zero-order valence-electron chi connectivity index (χ0n) is 15.5. The van der Waals surface area contributed by atoms with Crippen LogP contribution < -0.4 is 4.74 Å². The van der Waals surface area contributed by atoms with Crippen LogP contribution in [0, 0.1) is 17.1 Å². The van der Waals surface area contributed by atoms with Crippen LogP contribution in [0.2, 0.25) is 0 Å². The van der Waals surface area contributed by atoms with Crippen molar-refractivity contribution in [2.75, 3.05) is 0 Å². The Morgan fingerprint density at radius 1 is 1.10 bits per heavy atom. The molecule has 0 amide bonds.